The summed E-state index contributed by atoms with van der Waals surface area (Å²) in [6.07, 6.45) is 2.47. The van der Waals surface area contributed by atoms with Crippen molar-refractivity contribution in [2.75, 3.05) is 13.7 Å². The maximum atomic E-state index is 4.87. The summed E-state index contributed by atoms with van der Waals surface area (Å²) in [5, 5.41) is 4.07. The molecular formula is C6H11N3O. The SMILES string of the molecule is COCCc1ncn(C)n1. The number of rotatable bonds is 3. The van der Waals surface area contributed by atoms with Gasteiger partial charge >= 0.3 is 0 Å². The van der Waals surface area contributed by atoms with Crippen LogP contribution in [0.3, 0.4) is 0 Å². The third-order valence-corrected chi connectivity index (χ3v) is 1.18. The number of ether oxygens (including phenoxy) is 1. The predicted octanol–water partition coefficient (Wildman–Crippen LogP) is 0.00400. The Bertz CT molecular complexity index is 197. The van der Waals surface area contributed by atoms with Crippen LogP contribution in [0.5, 0.6) is 0 Å². The van der Waals surface area contributed by atoms with E-state index in [1.54, 1.807) is 18.1 Å². The Balaban J connectivity index is 2.42. The molecule has 0 aliphatic carbocycles. The Labute approximate surface area is 59.8 Å². The maximum Gasteiger partial charge on any atom is 0.152 e. The van der Waals surface area contributed by atoms with Crippen molar-refractivity contribution < 1.29 is 4.74 Å². The molecule has 0 aliphatic heterocycles. The Morgan fingerprint density at radius 2 is 2.50 bits per heavy atom. The smallest absolute Gasteiger partial charge is 0.152 e. The van der Waals surface area contributed by atoms with Gasteiger partial charge in [-0.1, -0.05) is 0 Å². The van der Waals surface area contributed by atoms with Gasteiger partial charge in [0.15, 0.2) is 5.82 Å². The lowest BCUT2D eigenvalue weighted by molar-refractivity contribution is 0.200. The van der Waals surface area contributed by atoms with E-state index in [2.05, 4.69) is 10.1 Å². The third-order valence-electron chi connectivity index (χ3n) is 1.18. The lowest BCUT2D eigenvalue weighted by atomic mass is 10.4. The molecule has 1 aromatic heterocycles. The number of methoxy groups -OCH3 is 1. The van der Waals surface area contributed by atoms with Gasteiger partial charge in [-0.15, -0.1) is 0 Å². The van der Waals surface area contributed by atoms with Crippen molar-refractivity contribution >= 4 is 0 Å². The summed E-state index contributed by atoms with van der Waals surface area (Å²) >= 11 is 0. The molecule has 0 saturated heterocycles. The van der Waals surface area contributed by atoms with Crippen LogP contribution in [0.1, 0.15) is 5.82 Å². The van der Waals surface area contributed by atoms with Gasteiger partial charge in [0.1, 0.15) is 6.33 Å². The van der Waals surface area contributed by atoms with Gasteiger partial charge in [0.05, 0.1) is 6.61 Å². The van der Waals surface area contributed by atoms with Gasteiger partial charge in [-0.3, -0.25) is 4.68 Å². The molecular weight excluding hydrogens is 130 g/mol. The first-order valence-corrected chi connectivity index (χ1v) is 3.16. The molecule has 1 rings (SSSR count). The van der Waals surface area contributed by atoms with Crippen molar-refractivity contribution in [1.29, 1.82) is 0 Å². The fraction of sp³-hybridized carbons (Fsp3) is 0.667. The van der Waals surface area contributed by atoms with E-state index >= 15 is 0 Å². The summed E-state index contributed by atoms with van der Waals surface area (Å²) in [4.78, 5) is 4.03. The number of aryl methyl sites for hydroxylation is 1. The minimum absolute atomic E-state index is 0.685. The van der Waals surface area contributed by atoms with Crippen LogP contribution in [0.15, 0.2) is 6.33 Å². The van der Waals surface area contributed by atoms with E-state index in [1.165, 1.54) is 0 Å². The van der Waals surface area contributed by atoms with Crippen LogP contribution >= 0.6 is 0 Å². The van der Waals surface area contributed by atoms with Crippen molar-refractivity contribution in [3.8, 4) is 0 Å². The van der Waals surface area contributed by atoms with Gasteiger partial charge in [-0.25, -0.2) is 4.98 Å². The normalized spacial score (nSPS) is 10.2. The van der Waals surface area contributed by atoms with Gasteiger partial charge in [0.25, 0.3) is 0 Å². The molecule has 0 saturated carbocycles. The Kier molecular flexibility index (Phi) is 2.39. The fourth-order valence-corrected chi connectivity index (χ4v) is 0.692. The topological polar surface area (TPSA) is 39.9 Å². The zero-order valence-corrected chi connectivity index (χ0v) is 6.24. The van der Waals surface area contributed by atoms with E-state index in [0.717, 1.165) is 12.2 Å². The highest BCUT2D eigenvalue weighted by molar-refractivity contribution is 4.80. The van der Waals surface area contributed by atoms with Crippen LogP contribution in [0.4, 0.5) is 0 Å². The first-order valence-electron chi connectivity index (χ1n) is 3.16. The molecule has 0 amide bonds. The summed E-state index contributed by atoms with van der Waals surface area (Å²) in [6.45, 7) is 0.685. The van der Waals surface area contributed by atoms with Crippen LogP contribution in [-0.2, 0) is 18.2 Å². The van der Waals surface area contributed by atoms with Crippen molar-refractivity contribution in [2.45, 2.75) is 6.42 Å². The second-order valence-electron chi connectivity index (χ2n) is 2.08. The molecule has 56 valence electrons. The number of nitrogens with zero attached hydrogens (tertiary/aromatic N) is 3. The lowest BCUT2D eigenvalue weighted by Crippen LogP contribution is -1.97. The minimum atomic E-state index is 0.685. The van der Waals surface area contributed by atoms with Crippen molar-refractivity contribution in [3.05, 3.63) is 12.2 Å². The van der Waals surface area contributed by atoms with Gasteiger partial charge in [-0.05, 0) is 0 Å². The van der Waals surface area contributed by atoms with Gasteiger partial charge in [0, 0.05) is 20.6 Å². The van der Waals surface area contributed by atoms with Crippen LogP contribution in [0.25, 0.3) is 0 Å². The van der Waals surface area contributed by atoms with Crippen molar-refractivity contribution in [2.24, 2.45) is 7.05 Å². The van der Waals surface area contributed by atoms with Crippen molar-refractivity contribution in [3.63, 3.8) is 0 Å². The highest BCUT2D eigenvalue weighted by atomic mass is 16.5. The standard InChI is InChI=1S/C6H11N3O/c1-9-5-7-6(8-9)3-4-10-2/h5H,3-4H2,1-2H3. The molecule has 0 unspecified atom stereocenters. The molecule has 0 aromatic carbocycles. The fourth-order valence-electron chi connectivity index (χ4n) is 0.692. The molecule has 0 radical (unpaired) electrons. The average Bonchev–Trinajstić information content (AvgIpc) is 2.31. The molecule has 1 aromatic rings. The lowest BCUT2D eigenvalue weighted by Gasteiger charge is -1.91. The van der Waals surface area contributed by atoms with Gasteiger partial charge in [-0.2, -0.15) is 5.10 Å². The van der Waals surface area contributed by atoms with Crippen LogP contribution in [-0.4, -0.2) is 28.5 Å². The molecule has 4 nitrogen and oxygen atoms in total. The second-order valence-corrected chi connectivity index (χ2v) is 2.08. The molecule has 0 atom stereocenters. The van der Waals surface area contributed by atoms with Crippen LogP contribution in [0, 0.1) is 0 Å². The molecule has 0 spiro atoms. The molecule has 0 fully saturated rings. The second kappa shape index (κ2) is 3.31. The van der Waals surface area contributed by atoms with Gasteiger partial charge in [0.2, 0.25) is 0 Å². The van der Waals surface area contributed by atoms with E-state index in [9.17, 15) is 0 Å². The maximum absolute atomic E-state index is 4.87. The summed E-state index contributed by atoms with van der Waals surface area (Å²) in [5.41, 5.74) is 0. The summed E-state index contributed by atoms with van der Waals surface area (Å²) < 4.78 is 6.55. The highest BCUT2D eigenvalue weighted by Gasteiger charge is 1.95. The van der Waals surface area contributed by atoms with E-state index in [-0.39, 0.29) is 0 Å². The molecule has 0 N–H and O–H groups in total. The van der Waals surface area contributed by atoms with E-state index < -0.39 is 0 Å². The molecule has 1 heterocycles. The van der Waals surface area contributed by atoms with E-state index in [4.69, 9.17) is 4.74 Å². The summed E-state index contributed by atoms with van der Waals surface area (Å²) in [7, 11) is 3.52. The van der Waals surface area contributed by atoms with E-state index in [0.29, 0.717) is 6.61 Å². The first-order chi connectivity index (χ1) is 4.83. The predicted molar refractivity (Wildman–Crippen MR) is 36.6 cm³/mol. The number of aromatic nitrogens is 3. The molecule has 0 aliphatic rings. The molecule has 0 bridgehead atoms. The van der Waals surface area contributed by atoms with Crippen LogP contribution < -0.4 is 0 Å². The highest BCUT2D eigenvalue weighted by Crippen LogP contribution is 1.88. The average molecular weight is 141 g/mol. The first kappa shape index (κ1) is 7.21. The number of hydrogen-bond donors (Lipinski definition) is 0. The van der Waals surface area contributed by atoms with Crippen molar-refractivity contribution in [1.82, 2.24) is 14.8 Å². The van der Waals surface area contributed by atoms with Crippen LogP contribution in [0.2, 0.25) is 0 Å². The molecule has 10 heavy (non-hydrogen) atoms. The summed E-state index contributed by atoms with van der Waals surface area (Å²) in [6, 6.07) is 0. The third kappa shape index (κ3) is 1.80. The summed E-state index contributed by atoms with van der Waals surface area (Å²) in [5.74, 6) is 0.837. The number of hydrogen-bond acceptors (Lipinski definition) is 3. The Morgan fingerprint density at radius 3 is 3.00 bits per heavy atom. The Morgan fingerprint density at radius 1 is 1.70 bits per heavy atom. The quantitative estimate of drug-likeness (QED) is 0.595. The Hall–Kier alpha value is -0.900. The minimum Gasteiger partial charge on any atom is -0.384 e. The van der Waals surface area contributed by atoms with Gasteiger partial charge < -0.3 is 4.74 Å². The monoisotopic (exact) mass is 141 g/mol. The zero-order chi connectivity index (χ0) is 7.40. The van der Waals surface area contributed by atoms with E-state index in [1.807, 2.05) is 7.05 Å². The molecule has 4 heteroatoms. The largest absolute Gasteiger partial charge is 0.384 e. The zero-order valence-electron chi connectivity index (χ0n) is 6.24.